The Morgan fingerprint density at radius 1 is 1.02 bits per heavy atom. The Kier molecular flexibility index (Phi) is 7.49. The minimum absolute atomic E-state index is 0.0647. The zero-order chi connectivity index (χ0) is 32.6. The van der Waals surface area contributed by atoms with Gasteiger partial charge in [0.25, 0.3) is 11.8 Å². The highest BCUT2D eigenvalue weighted by atomic mass is 16.3. The number of hydrogen-bond acceptors (Lipinski definition) is 8. The lowest BCUT2D eigenvalue weighted by Crippen LogP contribution is -2.68. The van der Waals surface area contributed by atoms with Crippen molar-refractivity contribution in [1.82, 2.24) is 36.1 Å². The van der Waals surface area contributed by atoms with Crippen molar-refractivity contribution < 1.29 is 29.1 Å². The summed E-state index contributed by atoms with van der Waals surface area (Å²) < 4.78 is 0. The molecule has 0 bridgehead atoms. The van der Waals surface area contributed by atoms with Gasteiger partial charge in [-0.2, -0.15) is 0 Å². The third-order valence-corrected chi connectivity index (χ3v) is 10.6. The number of amides is 5. The SMILES string of the molecule is CC(C)(C)[C@H](NC(=O)c1cnccn1)C(=O)N[C@H](C(=O)N1C[C@@H]2CC3CC34[C@@H]2[C@H]1C(=O)N[C@@H]4C(O)C(=O)NC1CC1)C(C)(C)C. The molecule has 1 spiro atoms. The number of aliphatic hydroxyl groups is 1. The van der Waals surface area contributed by atoms with Crippen LogP contribution in [-0.4, -0.2) is 92.4 Å². The molecule has 13 heteroatoms. The molecule has 0 radical (unpaired) electrons. The van der Waals surface area contributed by atoms with Gasteiger partial charge in [0.15, 0.2) is 6.10 Å². The van der Waals surface area contributed by atoms with Crippen LogP contribution in [0.15, 0.2) is 18.6 Å². The number of nitrogens with zero attached hydrogens (tertiary/aromatic N) is 3. The van der Waals surface area contributed by atoms with Crippen LogP contribution in [-0.2, 0) is 19.2 Å². The molecule has 1 aromatic rings. The Labute approximate surface area is 263 Å². The minimum atomic E-state index is -1.35. The fourth-order valence-corrected chi connectivity index (χ4v) is 8.20. The van der Waals surface area contributed by atoms with Gasteiger partial charge in [-0.05, 0) is 48.3 Å². The van der Waals surface area contributed by atoms with Gasteiger partial charge in [0.1, 0.15) is 23.8 Å². The van der Waals surface area contributed by atoms with Crippen LogP contribution in [0.25, 0.3) is 0 Å². The zero-order valence-electron chi connectivity index (χ0n) is 26.8. The lowest BCUT2D eigenvalue weighted by Gasteiger charge is -2.44. The molecule has 3 heterocycles. The van der Waals surface area contributed by atoms with Crippen LogP contribution < -0.4 is 21.3 Å². The molecule has 3 unspecified atom stereocenters. The normalized spacial score (nSPS) is 31.9. The molecular weight excluding hydrogens is 578 g/mol. The summed E-state index contributed by atoms with van der Waals surface area (Å²) in [5.74, 6) is -2.10. The molecule has 1 aromatic heterocycles. The van der Waals surface area contributed by atoms with E-state index < -0.39 is 64.2 Å². The van der Waals surface area contributed by atoms with E-state index in [0.717, 1.165) is 25.7 Å². The molecule has 9 atom stereocenters. The lowest BCUT2D eigenvalue weighted by atomic mass is 9.71. The van der Waals surface area contributed by atoms with E-state index in [2.05, 4.69) is 31.2 Å². The topological polar surface area (TPSA) is 183 Å². The summed E-state index contributed by atoms with van der Waals surface area (Å²) in [7, 11) is 0. The molecule has 3 aliphatic carbocycles. The van der Waals surface area contributed by atoms with Crippen LogP contribution in [0.2, 0.25) is 0 Å². The number of nitrogens with one attached hydrogen (secondary N) is 4. The summed E-state index contributed by atoms with van der Waals surface area (Å²) in [5, 5.41) is 22.6. The summed E-state index contributed by atoms with van der Waals surface area (Å²) in [6.45, 7) is 11.4. The molecule has 13 nitrogen and oxygen atoms in total. The highest BCUT2D eigenvalue weighted by molar-refractivity contribution is 5.98. The second-order valence-electron chi connectivity index (χ2n) is 15.9. The first-order valence-electron chi connectivity index (χ1n) is 16.0. The monoisotopic (exact) mass is 623 g/mol. The van der Waals surface area contributed by atoms with Crippen LogP contribution in [0, 0.1) is 34.0 Å². The van der Waals surface area contributed by atoms with E-state index in [9.17, 15) is 29.1 Å². The Balaban J connectivity index is 1.21. The van der Waals surface area contributed by atoms with E-state index in [1.54, 1.807) is 4.90 Å². The highest BCUT2D eigenvalue weighted by Gasteiger charge is 2.78. The molecule has 3 saturated carbocycles. The number of rotatable bonds is 8. The van der Waals surface area contributed by atoms with Crippen molar-refractivity contribution in [1.29, 1.82) is 0 Å². The van der Waals surface area contributed by atoms with Gasteiger partial charge in [0.2, 0.25) is 17.7 Å². The zero-order valence-corrected chi connectivity index (χ0v) is 26.8. The van der Waals surface area contributed by atoms with E-state index in [1.807, 2.05) is 41.5 Å². The predicted octanol–water partition coefficient (Wildman–Crippen LogP) is 0.143. The molecule has 5 aliphatic rings. The van der Waals surface area contributed by atoms with Gasteiger partial charge in [-0.25, -0.2) is 4.98 Å². The van der Waals surface area contributed by atoms with Gasteiger partial charge < -0.3 is 31.3 Å². The Morgan fingerprint density at radius 2 is 1.71 bits per heavy atom. The van der Waals surface area contributed by atoms with E-state index in [4.69, 9.17) is 0 Å². The molecule has 6 rings (SSSR count). The van der Waals surface area contributed by atoms with E-state index in [0.29, 0.717) is 6.54 Å². The van der Waals surface area contributed by atoms with Crippen LogP contribution in [0.3, 0.4) is 0 Å². The minimum Gasteiger partial charge on any atom is -0.381 e. The molecule has 45 heavy (non-hydrogen) atoms. The molecule has 5 fully saturated rings. The highest BCUT2D eigenvalue weighted by Crippen LogP contribution is 2.74. The maximum absolute atomic E-state index is 14.4. The van der Waals surface area contributed by atoms with Gasteiger partial charge in [0, 0.05) is 36.3 Å². The molecule has 5 amide bonds. The van der Waals surface area contributed by atoms with E-state index in [1.165, 1.54) is 18.6 Å². The Morgan fingerprint density at radius 3 is 2.31 bits per heavy atom. The summed E-state index contributed by atoms with van der Waals surface area (Å²) in [4.78, 5) is 77.3. The first-order chi connectivity index (χ1) is 21.0. The quantitative estimate of drug-likeness (QED) is 0.271. The average molecular weight is 624 g/mol. The summed E-state index contributed by atoms with van der Waals surface area (Å²) in [6.07, 6.45) is 6.20. The third-order valence-electron chi connectivity index (χ3n) is 10.6. The fourth-order valence-electron chi connectivity index (χ4n) is 8.20. The summed E-state index contributed by atoms with van der Waals surface area (Å²) in [5.41, 5.74) is -1.81. The van der Waals surface area contributed by atoms with Gasteiger partial charge in [-0.15, -0.1) is 0 Å². The molecule has 0 aromatic carbocycles. The molecule has 244 valence electrons. The fraction of sp³-hybridized carbons (Fsp3) is 0.719. The largest absolute Gasteiger partial charge is 0.381 e. The number of hydrogen-bond donors (Lipinski definition) is 5. The lowest BCUT2D eigenvalue weighted by molar-refractivity contribution is -0.150. The first-order valence-corrected chi connectivity index (χ1v) is 16.0. The molecule has 5 N–H and O–H groups in total. The van der Waals surface area contributed by atoms with Gasteiger partial charge in [0.05, 0.1) is 12.2 Å². The maximum Gasteiger partial charge on any atom is 0.272 e. The van der Waals surface area contributed by atoms with Crippen molar-refractivity contribution in [2.45, 2.75) is 104 Å². The van der Waals surface area contributed by atoms with Crippen LogP contribution in [0.4, 0.5) is 0 Å². The van der Waals surface area contributed by atoms with Crippen molar-refractivity contribution in [3.8, 4) is 0 Å². The van der Waals surface area contributed by atoms with Crippen LogP contribution in [0.5, 0.6) is 0 Å². The average Bonchev–Trinajstić information content (AvgIpc) is 3.85. The van der Waals surface area contributed by atoms with Crippen molar-refractivity contribution >= 4 is 29.5 Å². The van der Waals surface area contributed by atoms with Crippen LogP contribution in [0.1, 0.15) is 77.7 Å². The summed E-state index contributed by atoms with van der Waals surface area (Å²) in [6, 6.07) is -3.35. The number of aromatic nitrogens is 2. The molecule has 2 saturated heterocycles. The molecular formula is C32H45N7O6. The van der Waals surface area contributed by atoms with Crippen molar-refractivity contribution in [2.24, 2.45) is 34.0 Å². The smallest absolute Gasteiger partial charge is 0.272 e. The number of carbonyl (C=O) groups is 5. The number of piperidine rings is 1. The van der Waals surface area contributed by atoms with E-state index >= 15 is 0 Å². The van der Waals surface area contributed by atoms with Crippen molar-refractivity contribution in [2.75, 3.05) is 6.54 Å². The third kappa shape index (κ3) is 5.46. The van der Waals surface area contributed by atoms with Crippen LogP contribution >= 0.6 is 0 Å². The van der Waals surface area contributed by atoms with Crippen molar-refractivity contribution in [3.63, 3.8) is 0 Å². The van der Waals surface area contributed by atoms with E-state index in [-0.39, 0.29) is 41.3 Å². The number of likely N-dealkylation sites (tertiary alicyclic amines) is 1. The second kappa shape index (κ2) is 10.7. The van der Waals surface area contributed by atoms with Gasteiger partial charge in [-0.3, -0.25) is 29.0 Å². The second-order valence-corrected chi connectivity index (χ2v) is 15.9. The van der Waals surface area contributed by atoms with Gasteiger partial charge >= 0.3 is 0 Å². The molecule has 2 aliphatic heterocycles. The standard InChI is InChI=1S/C32H45N7O6/c1-30(2,3)23(37-25(41)18-13-33-9-10-34-18)28(44)38-24(31(4,5)6)29(45)39-14-15-11-16-12-32(16)19(15)20(39)26(42)36-22(32)21(40)27(43)35-17-7-8-17/h9-10,13,15-17,19-24,40H,7-8,11-12,14H2,1-6H3,(H,35,43)(H,36,42)(H,37,41)(H,38,44)/t15-,16?,19-,20-,21?,22+,23+,24+,32?/m0/s1. The summed E-state index contributed by atoms with van der Waals surface area (Å²) >= 11 is 0. The number of carbonyl (C=O) groups excluding carboxylic acids is 5. The van der Waals surface area contributed by atoms with Crippen molar-refractivity contribution in [3.05, 3.63) is 24.3 Å². The van der Waals surface area contributed by atoms with Gasteiger partial charge in [-0.1, -0.05) is 41.5 Å². The number of aliphatic hydroxyl groups excluding tert-OH is 1. The maximum atomic E-state index is 14.4. The predicted molar refractivity (Wildman–Crippen MR) is 161 cm³/mol. The Bertz CT molecular complexity index is 1400. The first kappa shape index (κ1) is 31.4. The Hall–Kier alpha value is -3.61.